The molecule has 3 rings (SSSR count). The normalized spacial score (nSPS) is 8.87. The molecule has 23 heavy (non-hydrogen) atoms. The lowest BCUT2D eigenvalue weighted by atomic mass is 10.3. The van der Waals surface area contributed by atoms with Crippen LogP contribution in [0, 0.1) is 0 Å². The highest BCUT2D eigenvalue weighted by molar-refractivity contribution is 5.33. The van der Waals surface area contributed by atoms with Crippen molar-refractivity contribution in [3.8, 4) is 11.5 Å². The van der Waals surface area contributed by atoms with Gasteiger partial charge in [0.1, 0.15) is 11.5 Å². The van der Waals surface area contributed by atoms with Crippen LogP contribution in [0.25, 0.3) is 0 Å². The van der Waals surface area contributed by atoms with Crippen LogP contribution in [0.3, 0.4) is 0 Å². The first kappa shape index (κ1) is 17.5. The van der Waals surface area contributed by atoms with E-state index in [1.807, 2.05) is 12.1 Å². The lowest BCUT2D eigenvalue weighted by Gasteiger charge is -1.93. The van der Waals surface area contributed by atoms with Crippen LogP contribution in [0.1, 0.15) is 0 Å². The molecule has 1 aromatic heterocycles. The van der Waals surface area contributed by atoms with Crippen LogP contribution in [0.2, 0.25) is 0 Å². The number of para-hydroxylation sites is 2. The Morgan fingerprint density at radius 2 is 0.783 bits per heavy atom. The molecule has 0 aliphatic carbocycles. The van der Waals surface area contributed by atoms with Gasteiger partial charge in [0.15, 0.2) is 0 Å². The molecule has 0 fully saturated rings. The second-order valence-electron chi connectivity index (χ2n) is 4.08. The van der Waals surface area contributed by atoms with Gasteiger partial charge in [-0.3, -0.25) is 0 Å². The van der Waals surface area contributed by atoms with Gasteiger partial charge in [0.05, 0.1) is 0 Å². The summed E-state index contributed by atoms with van der Waals surface area (Å²) in [4.78, 5) is 10.5. The second kappa shape index (κ2) is 9.40. The van der Waals surface area contributed by atoms with E-state index in [1.54, 1.807) is 48.5 Å². The third-order valence-corrected chi connectivity index (χ3v) is 2.20. The highest BCUT2D eigenvalue weighted by Crippen LogP contribution is 2.03. The van der Waals surface area contributed by atoms with E-state index in [0.29, 0.717) is 11.5 Å². The van der Waals surface area contributed by atoms with Crippen LogP contribution in [0.5, 0.6) is 11.5 Å². The third-order valence-electron chi connectivity index (χ3n) is 2.20. The Kier molecular flexibility index (Phi) is 7.15. The Hall–Kier alpha value is -3.55. The molecule has 3 aromatic rings. The van der Waals surface area contributed by atoms with Crippen LogP contribution < -0.4 is 17.2 Å². The maximum atomic E-state index is 8.63. The van der Waals surface area contributed by atoms with Gasteiger partial charge in [-0.25, -0.2) is 0 Å². The van der Waals surface area contributed by atoms with E-state index in [2.05, 4.69) is 15.0 Å². The van der Waals surface area contributed by atoms with Crippen molar-refractivity contribution in [1.29, 1.82) is 0 Å². The van der Waals surface area contributed by atoms with Crippen molar-refractivity contribution in [3.05, 3.63) is 60.7 Å². The molecule has 0 radical (unpaired) electrons. The van der Waals surface area contributed by atoms with Gasteiger partial charge in [0.25, 0.3) is 0 Å². The fraction of sp³-hybridized carbons (Fsp3) is 0. The maximum absolute atomic E-state index is 8.63. The number of phenolic OH excluding ortho intramolecular Hbond substituents is 2. The Labute approximate surface area is 133 Å². The van der Waals surface area contributed by atoms with Gasteiger partial charge < -0.3 is 27.4 Å². The molecule has 8 nitrogen and oxygen atoms in total. The first-order valence-electron chi connectivity index (χ1n) is 6.48. The summed E-state index contributed by atoms with van der Waals surface area (Å²) in [5.74, 6) is 0.769. The minimum atomic E-state index is 0.0417. The van der Waals surface area contributed by atoms with Crippen LogP contribution in [0.15, 0.2) is 60.7 Å². The molecule has 1 heterocycles. The number of hydrogen-bond donors (Lipinski definition) is 5. The summed E-state index contributed by atoms with van der Waals surface area (Å²) >= 11 is 0. The number of rotatable bonds is 0. The number of anilines is 3. The number of aromatic hydroxyl groups is 2. The van der Waals surface area contributed by atoms with E-state index < -0.39 is 0 Å². The van der Waals surface area contributed by atoms with Crippen molar-refractivity contribution in [1.82, 2.24) is 15.0 Å². The van der Waals surface area contributed by atoms with Crippen molar-refractivity contribution >= 4 is 17.8 Å². The standard InChI is InChI=1S/2C6H6O.C3H6N6/c2*7-6-4-2-1-3-5-6;4-1-7-2(5)9-3(6)8-1/h2*1-5,7H;(H6,4,5,6,7,8,9). The molecule has 120 valence electrons. The van der Waals surface area contributed by atoms with Crippen molar-refractivity contribution < 1.29 is 10.2 Å². The summed E-state index contributed by atoms with van der Waals surface area (Å²) in [6.07, 6.45) is 0. The van der Waals surface area contributed by atoms with Gasteiger partial charge in [-0.1, -0.05) is 36.4 Å². The molecule has 0 bridgehead atoms. The van der Waals surface area contributed by atoms with Crippen LogP contribution in [0.4, 0.5) is 17.8 Å². The molecule has 0 unspecified atom stereocenters. The number of phenols is 2. The minimum Gasteiger partial charge on any atom is -0.508 e. The summed E-state index contributed by atoms with van der Waals surface area (Å²) in [6.45, 7) is 0. The van der Waals surface area contributed by atoms with E-state index in [0.717, 1.165) is 0 Å². The summed E-state index contributed by atoms with van der Waals surface area (Å²) in [7, 11) is 0. The Morgan fingerprint density at radius 1 is 0.522 bits per heavy atom. The summed E-state index contributed by atoms with van der Waals surface area (Å²) < 4.78 is 0. The largest absolute Gasteiger partial charge is 0.508 e. The lowest BCUT2D eigenvalue weighted by molar-refractivity contribution is 0.475. The number of benzene rings is 2. The SMILES string of the molecule is Nc1nc(N)nc(N)n1.Oc1ccccc1.Oc1ccccc1. The Bertz CT molecular complexity index is 607. The summed E-state index contributed by atoms with van der Waals surface area (Å²) in [5.41, 5.74) is 15.4. The molecular formula is C15H18N6O2. The molecule has 2 aromatic carbocycles. The minimum absolute atomic E-state index is 0.0417. The van der Waals surface area contributed by atoms with E-state index in [9.17, 15) is 0 Å². The van der Waals surface area contributed by atoms with Gasteiger partial charge in [0, 0.05) is 0 Å². The van der Waals surface area contributed by atoms with E-state index >= 15 is 0 Å². The smallest absolute Gasteiger partial charge is 0.226 e. The predicted molar refractivity (Wildman–Crippen MR) is 89.3 cm³/mol. The summed E-state index contributed by atoms with van der Waals surface area (Å²) in [6, 6.07) is 17.4. The number of nitrogen functional groups attached to an aromatic ring is 3. The van der Waals surface area contributed by atoms with E-state index in [-0.39, 0.29) is 17.8 Å². The van der Waals surface area contributed by atoms with Crippen LogP contribution in [-0.2, 0) is 0 Å². The topological polar surface area (TPSA) is 157 Å². The average molecular weight is 314 g/mol. The zero-order chi connectivity index (χ0) is 17.1. The summed E-state index contributed by atoms with van der Waals surface area (Å²) in [5, 5.41) is 17.3. The van der Waals surface area contributed by atoms with Gasteiger partial charge in [-0.05, 0) is 24.3 Å². The second-order valence-corrected chi connectivity index (χ2v) is 4.08. The number of nitrogens with two attached hydrogens (primary N) is 3. The van der Waals surface area contributed by atoms with Crippen molar-refractivity contribution in [2.45, 2.75) is 0 Å². The fourth-order valence-electron chi connectivity index (χ4n) is 1.28. The van der Waals surface area contributed by atoms with Crippen LogP contribution >= 0.6 is 0 Å². The van der Waals surface area contributed by atoms with E-state index in [4.69, 9.17) is 27.4 Å². The van der Waals surface area contributed by atoms with Crippen molar-refractivity contribution in [3.63, 3.8) is 0 Å². The van der Waals surface area contributed by atoms with Gasteiger partial charge in [0.2, 0.25) is 17.8 Å². The molecule has 8 N–H and O–H groups in total. The van der Waals surface area contributed by atoms with Gasteiger partial charge >= 0.3 is 0 Å². The molecular weight excluding hydrogens is 296 g/mol. The number of aromatic nitrogens is 3. The first-order valence-corrected chi connectivity index (χ1v) is 6.48. The zero-order valence-electron chi connectivity index (χ0n) is 12.2. The first-order chi connectivity index (χ1) is 11.0. The van der Waals surface area contributed by atoms with E-state index in [1.165, 1.54) is 0 Å². The third kappa shape index (κ3) is 8.35. The maximum Gasteiger partial charge on any atom is 0.226 e. The van der Waals surface area contributed by atoms with Crippen molar-refractivity contribution in [2.24, 2.45) is 0 Å². The monoisotopic (exact) mass is 314 g/mol. The van der Waals surface area contributed by atoms with Gasteiger partial charge in [-0.15, -0.1) is 0 Å². The molecule has 0 aliphatic rings. The van der Waals surface area contributed by atoms with Gasteiger partial charge in [-0.2, -0.15) is 15.0 Å². The molecule has 8 heteroatoms. The zero-order valence-corrected chi connectivity index (χ0v) is 12.2. The predicted octanol–water partition coefficient (Wildman–Crippen LogP) is 1.40. The number of nitrogens with zero attached hydrogens (tertiary/aromatic N) is 3. The molecule has 0 spiro atoms. The fourth-order valence-corrected chi connectivity index (χ4v) is 1.28. The quantitative estimate of drug-likeness (QED) is 0.416. The molecule has 0 amide bonds. The average Bonchev–Trinajstić information content (AvgIpc) is 2.48. The number of hydrogen-bond acceptors (Lipinski definition) is 8. The molecule has 0 saturated carbocycles. The van der Waals surface area contributed by atoms with Crippen molar-refractivity contribution in [2.75, 3.05) is 17.2 Å². The molecule has 0 saturated heterocycles. The highest BCUT2D eigenvalue weighted by Gasteiger charge is 1.93. The molecule has 0 atom stereocenters. The molecule has 0 aliphatic heterocycles. The lowest BCUT2D eigenvalue weighted by Crippen LogP contribution is -2.05. The Balaban J connectivity index is 0.000000175. The van der Waals surface area contributed by atoms with Crippen LogP contribution in [-0.4, -0.2) is 25.2 Å². The highest BCUT2D eigenvalue weighted by atomic mass is 16.3. The Morgan fingerprint density at radius 3 is 0.957 bits per heavy atom.